The average molecular weight is 771 g/mol. The fourth-order valence-electron chi connectivity index (χ4n) is 8.41. The molecule has 8 rings (SSSR count). The van der Waals surface area contributed by atoms with Gasteiger partial charge in [-0.2, -0.15) is 0 Å². The molecule has 6 aromatic carbocycles. The SMILES string of the molecule is Cc1ccc2c(c1C)-c1c(ccc(C)c1C)C[N+]1(C2)Cc2c(-c3cc(F)c(F)c(F)c3)cccc2-c2cccc(-c3cc(F)c(F)c(F)c3)c2C1.[Br-]. The lowest BCUT2D eigenvalue weighted by Crippen LogP contribution is -3.00. The molecule has 1 spiro atoms. The molecule has 264 valence electrons. The van der Waals surface area contributed by atoms with Crippen LogP contribution in [0.5, 0.6) is 0 Å². The molecular formula is C44H34BrF6N. The average Bonchev–Trinajstić information content (AvgIpc) is 3.33. The maximum Gasteiger partial charge on any atom is 0.194 e. The van der Waals surface area contributed by atoms with Crippen molar-refractivity contribution in [2.24, 2.45) is 0 Å². The number of halogens is 7. The van der Waals surface area contributed by atoms with Crippen LogP contribution in [0.3, 0.4) is 0 Å². The molecule has 0 N–H and O–H groups in total. The Kier molecular flexibility index (Phi) is 8.99. The third-order valence-electron chi connectivity index (χ3n) is 11.1. The van der Waals surface area contributed by atoms with Gasteiger partial charge in [0.25, 0.3) is 0 Å². The lowest BCUT2D eigenvalue weighted by Gasteiger charge is -2.38. The van der Waals surface area contributed by atoms with Gasteiger partial charge in [-0.15, -0.1) is 0 Å². The molecule has 52 heavy (non-hydrogen) atoms. The normalized spacial score (nSPS) is 14.0. The summed E-state index contributed by atoms with van der Waals surface area (Å²) in [6.07, 6.45) is 0. The van der Waals surface area contributed by atoms with Crippen LogP contribution in [0.1, 0.15) is 44.5 Å². The Morgan fingerprint density at radius 1 is 0.442 bits per heavy atom. The predicted octanol–water partition coefficient (Wildman–Crippen LogP) is 8.97. The van der Waals surface area contributed by atoms with E-state index >= 15 is 0 Å². The van der Waals surface area contributed by atoms with Crippen molar-refractivity contribution < 1.29 is 47.8 Å². The highest BCUT2D eigenvalue weighted by molar-refractivity contribution is 5.85. The van der Waals surface area contributed by atoms with Crippen LogP contribution in [-0.4, -0.2) is 4.48 Å². The Hall–Kier alpha value is -4.66. The van der Waals surface area contributed by atoms with E-state index in [0.717, 1.165) is 57.6 Å². The fraction of sp³-hybridized carbons (Fsp3) is 0.182. The molecule has 0 unspecified atom stereocenters. The molecule has 0 atom stereocenters. The molecule has 0 saturated carbocycles. The first kappa shape index (κ1) is 35.7. The molecule has 0 amide bonds. The third kappa shape index (κ3) is 5.67. The smallest absolute Gasteiger partial charge is 0.194 e. The monoisotopic (exact) mass is 769 g/mol. The van der Waals surface area contributed by atoms with E-state index < -0.39 is 34.9 Å². The highest BCUT2D eigenvalue weighted by Crippen LogP contribution is 2.49. The van der Waals surface area contributed by atoms with Crippen molar-refractivity contribution in [1.29, 1.82) is 0 Å². The zero-order chi connectivity index (χ0) is 35.9. The topological polar surface area (TPSA) is 0 Å². The highest BCUT2D eigenvalue weighted by Gasteiger charge is 2.40. The van der Waals surface area contributed by atoms with Gasteiger partial charge in [-0.1, -0.05) is 60.7 Å². The van der Waals surface area contributed by atoms with Crippen LogP contribution < -0.4 is 17.0 Å². The van der Waals surface area contributed by atoms with Gasteiger partial charge in [0, 0.05) is 22.3 Å². The van der Waals surface area contributed by atoms with E-state index in [2.05, 4.69) is 52.0 Å². The zero-order valence-corrected chi connectivity index (χ0v) is 30.6. The van der Waals surface area contributed by atoms with Crippen LogP contribution in [0.4, 0.5) is 26.3 Å². The molecule has 8 heteroatoms. The second-order valence-corrected chi connectivity index (χ2v) is 14.2. The minimum atomic E-state index is -1.53. The van der Waals surface area contributed by atoms with E-state index in [0.29, 0.717) is 41.8 Å². The summed E-state index contributed by atoms with van der Waals surface area (Å²) < 4.78 is 88.0. The lowest BCUT2D eigenvalue weighted by atomic mass is 9.86. The van der Waals surface area contributed by atoms with Crippen molar-refractivity contribution in [3.05, 3.63) is 164 Å². The highest BCUT2D eigenvalue weighted by atomic mass is 79.9. The standard InChI is InChI=1S/C44H34F6N.BrH/c1-23-11-13-27-19-51(20-28-14-12-24(2)26(4)42(28)41(27)25(23)3)21-35-31(29-15-37(45)43(49)38(46)16-29)7-5-9-33(35)34-10-6-8-32(36(34)22-51)30-17-39(47)44(50)40(48)18-30;/h5-18H,19-22H2,1-4H3;1H/q+1;/p-1. The maximum absolute atomic E-state index is 14.8. The van der Waals surface area contributed by atoms with E-state index in [1.54, 1.807) is 24.3 Å². The van der Waals surface area contributed by atoms with Crippen molar-refractivity contribution in [2.75, 3.05) is 0 Å². The zero-order valence-electron chi connectivity index (χ0n) is 29.0. The number of hydrogen-bond acceptors (Lipinski definition) is 0. The number of aryl methyl sites for hydroxylation is 2. The van der Waals surface area contributed by atoms with Crippen molar-refractivity contribution >= 4 is 0 Å². The summed E-state index contributed by atoms with van der Waals surface area (Å²) in [6, 6.07) is 23.8. The number of nitrogens with zero attached hydrogens (tertiary/aromatic N) is 1. The molecule has 0 aliphatic carbocycles. The maximum atomic E-state index is 14.8. The van der Waals surface area contributed by atoms with Gasteiger partial charge in [0.1, 0.15) is 26.2 Å². The molecule has 0 radical (unpaired) electrons. The Balaban J connectivity index is 0.00000420. The number of fused-ring (bicyclic) bond motifs is 6. The van der Waals surface area contributed by atoms with Crippen molar-refractivity contribution in [3.8, 4) is 44.5 Å². The summed E-state index contributed by atoms with van der Waals surface area (Å²) in [4.78, 5) is 0. The molecule has 2 heterocycles. The first-order valence-corrected chi connectivity index (χ1v) is 16.9. The van der Waals surface area contributed by atoms with Crippen LogP contribution in [-0.2, 0) is 26.2 Å². The van der Waals surface area contributed by atoms with Crippen LogP contribution >= 0.6 is 0 Å². The first-order valence-electron chi connectivity index (χ1n) is 16.9. The molecule has 2 aliphatic rings. The van der Waals surface area contributed by atoms with Crippen LogP contribution in [0, 0.1) is 62.6 Å². The minimum absolute atomic E-state index is 0. The Bertz CT molecular complexity index is 2240. The second kappa shape index (κ2) is 13.1. The van der Waals surface area contributed by atoms with E-state index in [-0.39, 0.29) is 28.1 Å². The first-order chi connectivity index (χ1) is 24.4. The van der Waals surface area contributed by atoms with Gasteiger partial charge in [-0.3, -0.25) is 0 Å². The fourth-order valence-corrected chi connectivity index (χ4v) is 8.41. The van der Waals surface area contributed by atoms with Crippen molar-refractivity contribution in [1.82, 2.24) is 0 Å². The second-order valence-electron chi connectivity index (χ2n) is 14.2. The molecule has 2 aliphatic heterocycles. The minimum Gasteiger partial charge on any atom is -1.00 e. The summed E-state index contributed by atoms with van der Waals surface area (Å²) in [5.74, 6) is -8.19. The van der Waals surface area contributed by atoms with Crippen LogP contribution in [0.15, 0.2) is 84.9 Å². The van der Waals surface area contributed by atoms with Crippen molar-refractivity contribution in [2.45, 2.75) is 53.9 Å². The van der Waals surface area contributed by atoms with Crippen molar-refractivity contribution in [3.63, 3.8) is 0 Å². The van der Waals surface area contributed by atoms with Gasteiger partial charge in [-0.25, -0.2) is 26.3 Å². The quantitative estimate of drug-likeness (QED) is 0.0938. The van der Waals surface area contributed by atoms with Gasteiger partial charge in [0.2, 0.25) is 0 Å². The molecule has 1 nitrogen and oxygen atoms in total. The number of benzene rings is 6. The summed E-state index contributed by atoms with van der Waals surface area (Å²) in [7, 11) is 0. The van der Waals surface area contributed by atoms with Gasteiger partial charge in [0.05, 0.1) is 0 Å². The molecule has 0 bridgehead atoms. The predicted molar refractivity (Wildman–Crippen MR) is 188 cm³/mol. The van der Waals surface area contributed by atoms with Crippen LogP contribution in [0.25, 0.3) is 44.5 Å². The van der Waals surface area contributed by atoms with Gasteiger partial charge in [0.15, 0.2) is 34.9 Å². The van der Waals surface area contributed by atoms with Gasteiger partial charge >= 0.3 is 0 Å². The molecule has 0 aromatic heterocycles. The van der Waals surface area contributed by atoms with Gasteiger partial charge < -0.3 is 21.5 Å². The molecular weight excluding hydrogens is 736 g/mol. The number of hydrogen-bond donors (Lipinski definition) is 0. The molecule has 0 saturated heterocycles. The summed E-state index contributed by atoms with van der Waals surface area (Å²) in [5, 5.41) is 0. The Morgan fingerprint density at radius 3 is 1.15 bits per heavy atom. The lowest BCUT2D eigenvalue weighted by molar-refractivity contribution is -0.977. The summed E-state index contributed by atoms with van der Waals surface area (Å²) >= 11 is 0. The van der Waals surface area contributed by atoms with E-state index in [1.807, 2.05) is 12.1 Å². The summed E-state index contributed by atoms with van der Waals surface area (Å²) in [6.45, 7) is 10.5. The Morgan fingerprint density at radius 2 is 0.788 bits per heavy atom. The van der Waals surface area contributed by atoms with E-state index in [1.165, 1.54) is 33.4 Å². The Labute approximate surface area is 309 Å². The number of rotatable bonds is 2. The molecule has 0 fully saturated rings. The largest absolute Gasteiger partial charge is 1.00 e. The van der Waals surface area contributed by atoms with Crippen LogP contribution in [0.2, 0.25) is 0 Å². The summed E-state index contributed by atoms with van der Waals surface area (Å²) in [5.41, 5.74) is 14.1. The van der Waals surface area contributed by atoms with E-state index in [4.69, 9.17) is 0 Å². The van der Waals surface area contributed by atoms with Gasteiger partial charge in [-0.05, 0) is 119 Å². The third-order valence-corrected chi connectivity index (χ3v) is 11.1. The molecule has 6 aromatic rings. The van der Waals surface area contributed by atoms with E-state index in [9.17, 15) is 26.3 Å². The number of quaternary nitrogens is 1.